The summed E-state index contributed by atoms with van der Waals surface area (Å²) in [6, 6.07) is 8.77. The number of benzene rings is 1. The first-order chi connectivity index (χ1) is 8.29. The smallest absolute Gasteiger partial charge is 0.346 e. The second kappa shape index (κ2) is 5.49. The fourth-order valence-electron chi connectivity index (χ4n) is 1.26. The molecule has 0 aliphatic carbocycles. The predicted octanol–water partition coefficient (Wildman–Crippen LogP) is 2.50. The first kappa shape index (κ1) is 14.0. The average Bonchev–Trinajstić information content (AvgIpc) is 2.24. The van der Waals surface area contributed by atoms with Crippen molar-refractivity contribution in [3.63, 3.8) is 0 Å². The molecule has 0 saturated carbocycles. The predicted molar refractivity (Wildman–Crippen MR) is 67.9 cm³/mol. The number of rotatable bonds is 3. The highest BCUT2D eigenvalue weighted by molar-refractivity contribution is 6.17. The van der Waals surface area contributed by atoms with Crippen LogP contribution in [0.3, 0.4) is 0 Å². The monoisotopic (exact) mass is 248 g/mol. The van der Waals surface area contributed by atoms with Crippen molar-refractivity contribution in [2.24, 2.45) is 0 Å². The third kappa shape index (κ3) is 4.41. The van der Waals surface area contributed by atoms with Crippen molar-refractivity contribution < 1.29 is 19.4 Å². The average molecular weight is 248 g/mol. The van der Waals surface area contributed by atoms with Crippen LogP contribution in [0.2, 0.25) is 0 Å². The van der Waals surface area contributed by atoms with E-state index in [0.717, 1.165) is 0 Å². The Labute approximate surface area is 106 Å². The van der Waals surface area contributed by atoms with Crippen molar-refractivity contribution in [2.45, 2.75) is 26.4 Å². The number of carboxylic acid groups (broad SMARTS) is 1. The number of carboxylic acids is 1. The number of ether oxygens (including phenoxy) is 1. The molecular weight excluding hydrogens is 232 g/mol. The molecule has 0 saturated heterocycles. The van der Waals surface area contributed by atoms with Gasteiger partial charge in [0, 0.05) is 0 Å². The molecule has 4 nitrogen and oxygen atoms in total. The lowest BCUT2D eigenvalue weighted by Crippen LogP contribution is -2.27. The van der Waals surface area contributed by atoms with Crippen LogP contribution in [0.25, 0.3) is 6.08 Å². The van der Waals surface area contributed by atoms with Crippen molar-refractivity contribution in [1.29, 1.82) is 0 Å². The van der Waals surface area contributed by atoms with Gasteiger partial charge in [0.25, 0.3) is 0 Å². The molecule has 18 heavy (non-hydrogen) atoms. The highest BCUT2D eigenvalue weighted by Crippen LogP contribution is 2.14. The largest absolute Gasteiger partial charge is 0.477 e. The molecule has 0 heterocycles. The standard InChI is InChI=1S/C14H16O4/c1-14(2,3)18-13(17)11(12(15)16)9-10-7-5-4-6-8-10/h4-9H,1-3H3,(H,15,16). The van der Waals surface area contributed by atoms with E-state index in [-0.39, 0.29) is 5.57 Å². The lowest BCUT2D eigenvalue weighted by molar-refractivity contribution is -0.152. The third-order valence-corrected chi connectivity index (χ3v) is 1.96. The van der Waals surface area contributed by atoms with Crippen LogP contribution < -0.4 is 0 Å². The van der Waals surface area contributed by atoms with Crippen LogP contribution in [0.5, 0.6) is 0 Å². The maximum atomic E-state index is 11.7. The summed E-state index contributed by atoms with van der Waals surface area (Å²) in [4.78, 5) is 22.8. The van der Waals surface area contributed by atoms with Gasteiger partial charge >= 0.3 is 11.9 Å². The highest BCUT2D eigenvalue weighted by Gasteiger charge is 2.24. The van der Waals surface area contributed by atoms with E-state index in [1.165, 1.54) is 6.08 Å². The van der Waals surface area contributed by atoms with Gasteiger partial charge in [0.1, 0.15) is 11.2 Å². The summed E-state index contributed by atoms with van der Waals surface area (Å²) in [5, 5.41) is 9.03. The summed E-state index contributed by atoms with van der Waals surface area (Å²) in [6.45, 7) is 5.06. The van der Waals surface area contributed by atoms with Crippen LogP contribution in [-0.4, -0.2) is 22.6 Å². The SMILES string of the molecule is CC(C)(C)OC(=O)C(=Cc1ccccc1)C(=O)O. The zero-order valence-electron chi connectivity index (χ0n) is 10.6. The zero-order chi connectivity index (χ0) is 13.8. The number of hydrogen-bond donors (Lipinski definition) is 1. The molecule has 1 N–H and O–H groups in total. The molecule has 0 radical (unpaired) electrons. The molecule has 0 unspecified atom stereocenters. The summed E-state index contributed by atoms with van der Waals surface area (Å²) in [6.07, 6.45) is 1.30. The summed E-state index contributed by atoms with van der Waals surface area (Å²) in [5.41, 5.74) is -0.459. The van der Waals surface area contributed by atoms with Crippen LogP contribution in [0.1, 0.15) is 26.3 Å². The molecule has 1 rings (SSSR count). The Morgan fingerprint density at radius 2 is 1.72 bits per heavy atom. The molecule has 96 valence electrons. The van der Waals surface area contributed by atoms with Gasteiger partial charge in [-0.25, -0.2) is 9.59 Å². The third-order valence-electron chi connectivity index (χ3n) is 1.96. The molecule has 1 aromatic rings. The highest BCUT2D eigenvalue weighted by atomic mass is 16.6. The van der Waals surface area contributed by atoms with Crippen molar-refractivity contribution in [1.82, 2.24) is 0 Å². The van der Waals surface area contributed by atoms with Gasteiger partial charge in [0.15, 0.2) is 0 Å². The first-order valence-corrected chi connectivity index (χ1v) is 5.53. The quantitative estimate of drug-likeness (QED) is 0.386. The Morgan fingerprint density at radius 1 is 1.17 bits per heavy atom. The van der Waals surface area contributed by atoms with Gasteiger partial charge in [-0.15, -0.1) is 0 Å². The second-order valence-corrected chi connectivity index (χ2v) is 4.78. The van der Waals surface area contributed by atoms with Gasteiger partial charge < -0.3 is 9.84 Å². The molecule has 0 bridgehead atoms. The van der Waals surface area contributed by atoms with E-state index in [1.54, 1.807) is 45.0 Å². The topological polar surface area (TPSA) is 63.6 Å². The molecule has 0 amide bonds. The summed E-state index contributed by atoms with van der Waals surface area (Å²) >= 11 is 0. The van der Waals surface area contributed by atoms with Crippen LogP contribution >= 0.6 is 0 Å². The summed E-state index contributed by atoms with van der Waals surface area (Å²) in [7, 11) is 0. The minimum atomic E-state index is -1.30. The van der Waals surface area contributed by atoms with Gasteiger partial charge in [-0.1, -0.05) is 30.3 Å². The van der Waals surface area contributed by atoms with Gasteiger partial charge in [-0.2, -0.15) is 0 Å². The van der Waals surface area contributed by atoms with E-state index in [1.807, 2.05) is 6.07 Å². The molecule has 0 atom stereocenters. The van der Waals surface area contributed by atoms with E-state index < -0.39 is 17.5 Å². The number of carbonyl (C=O) groups excluding carboxylic acids is 1. The maximum absolute atomic E-state index is 11.7. The molecule has 1 aromatic carbocycles. The Morgan fingerprint density at radius 3 is 2.17 bits per heavy atom. The van der Waals surface area contributed by atoms with Crippen molar-refractivity contribution in [3.8, 4) is 0 Å². The molecule has 0 aliphatic heterocycles. The fraction of sp³-hybridized carbons (Fsp3) is 0.286. The number of carbonyl (C=O) groups is 2. The van der Waals surface area contributed by atoms with Gasteiger partial charge in [0.05, 0.1) is 0 Å². The molecule has 0 fully saturated rings. The van der Waals surface area contributed by atoms with Crippen molar-refractivity contribution in [2.75, 3.05) is 0 Å². The fourth-order valence-corrected chi connectivity index (χ4v) is 1.26. The number of esters is 1. The van der Waals surface area contributed by atoms with E-state index in [2.05, 4.69) is 0 Å². The number of aliphatic carboxylic acids is 1. The zero-order valence-corrected chi connectivity index (χ0v) is 10.6. The second-order valence-electron chi connectivity index (χ2n) is 4.78. The van der Waals surface area contributed by atoms with Gasteiger partial charge in [-0.05, 0) is 32.4 Å². The Bertz CT molecular complexity index is 466. The van der Waals surface area contributed by atoms with E-state index >= 15 is 0 Å². The molecule has 0 aliphatic rings. The minimum absolute atomic E-state index is 0.379. The molecule has 0 spiro atoms. The minimum Gasteiger partial charge on any atom is -0.477 e. The van der Waals surface area contributed by atoms with Crippen molar-refractivity contribution >= 4 is 18.0 Å². The van der Waals surface area contributed by atoms with Crippen LogP contribution in [0.15, 0.2) is 35.9 Å². The van der Waals surface area contributed by atoms with E-state index in [4.69, 9.17) is 9.84 Å². The maximum Gasteiger partial charge on any atom is 0.346 e. The van der Waals surface area contributed by atoms with Crippen LogP contribution in [0.4, 0.5) is 0 Å². The van der Waals surface area contributed by atoms with Gasteiger partial charge in [0.2, 0.25) is 0 Å². The normalized spacial score (nSPS) is 12.1. The summed E-state index contributed by atoms with van der Waals surface area (Å²) < 4.78 is 5.05. The first-order valence-electron chi connectivity index (χ1n) is 5.53. The molecular formula is C14H16O4. The van der Waals surface area contributed by atoms with Gasteiger partial charge in [-0.3, -0.25) is 0 Å². The molecule has 0 aromatic heterocycles. The van der Waals surface area contributed by atoms with Crippen LogP contribution in [-0.2, 0) is 14.3 Å². The Balaban J connectivity index is 3.01. The Hall–Kier alpha value is -2.10. The van der Waals surface area contributed by atoms with Crippen LogP contribution in [0, 0.1) is 0 Å². The number of hydrogen-bond acceptors (Lipinski definition) is 3. The lowest BCUT2D eigenvalue weighted by atomic mass is 10.1. The molecule has 4 heteroatoms. The van der Waals surface area contributed by atoms with E-state index in [0.29, 0.717) is 5.56 Å². The Kier molecular flexibility index (Phi) is 4.26. The van der Waals surface area contributed by atoms with Crippen molar-refractivity contribution in [3.05, 3.63) is 41.5 Å². The van der Waals surface area contributed by atoms with E-state index in [9.17, 15) is 9.59 Å². The lowest BCUT2D eigenvalue weighted by Gasteiger charge is -2.19. The summed E-state index contributed by atoms with van der Waals surface area (Å²) in [5.74, 6) is -2.13.